The summed E-state index contributed by atoms with van der Waals surface area (Å²) < 4.78 is 4.91. The van der Waals surface area contributed by atoms with E-state index in [4.69, 9.17) is 4.74 Å². The molecule has 2 amide bonds. The number of urea groups is 1. The third kappa shape index (κ3) is 5.03. The Bertz CT molecular complexity index is 669. The Morgan fingerprint density at radius 3 is 1.96 bits per heavy atom. The van der Waals surface area contributed by atoms with Gasteiger partial charge in [0.1, 0.15) is 0 Å². The van der Waals surface area contributed by atoms with E-state index in [0.717, 1.165) is 4.90 Å². The van der Waals surface area contributed by atoms with Crippen molar-refractivity contribution < 1.29 is 14.3 Å². The Morgan fingerprint density at radius 2 is 1.48 bits per heavy atom. The fourth-order valence-corrected chi connectivity index (χ4v) is 2.28. The summed E-state index contributed by atoms with van der Waals surface area (Å²) in [6.45, 7) is 2.08. The van der Waals surface area contributed by atoms with Gasteiger partial charge in [0.15, 0.2) is 0 Å². The van der Waals surface area contributed by atoms with Gasteiger partial charge in [-0.2, -0.15) is 0 Å². The van der Waals surface area contributed by atoms with Gasteiger partial charge in [-0.3, -0.25) is 0 Å². The number of amides is 2. The molecule has 2 rings (SSSR count). The van der Waals surface area contributed by atoms with Crippen LogP contribution in [0.3, 0.4) is 0 Å². The van der Waals surface area contributed by atoms with Gasteiger partial charge in [0, 0.05) is 16.3 Å². The minimum Gasteiger partial charge on any atom is -0.462 e. The Balaban J connectivity index is 1.93. The molecule has 2 N–H and O–H groups in total. The smallest absolute Gasteiger partial charge is 0.338 e. The molecule has 23 heavy (non-hydrogen) atoms. The predicted octanol–water partition coefficient (Wildman–Crippen LogP) is 4.23. The van der Waals surface area contributed by atoms with E-state index in [0.29, 0.717) is 23.5 Å². The molecule has 0 saturated carbocycles. The van der Waals surface area contributed by atoms with Crippen LogP contribution in [0.1, 0.15) is 17.3 Å². The lowest BCUT2D eigenvalue weighted by Crippen LogP contribution is -2.19. The van der Waals surface area contributed by atoms with Crippen LogP contribution in [0.15, 0.2) is 53.4 Å². The highest BCUT2D eigenvalue weighted by Gasteiger charge is 2.07. The van der Waals surface area contributed by atoms with Crippen LogP contribution in [0.2, 0.25) is 0 Å². The summed E-state index contributed by atoms with van der Waals surface area (Å²) in [6.07, 6.45) is 2.00. The molecule has 120 valence electrons. The zero-order chi connectivity index (χ0) is 16.7. The van der Waals surface area contributed by atoms with Gasteiger partial charge in [0.05, 0.1) is 12.2 Å². The highest BCUT2D eigenvalue weighted by atomic mass is 32.2. The summed E-state index contributed by atoms with van der Waals surface area (Å²) >= 11 is 1.64. The number of esters is 1. The molecule has 0 unspecified atom stereocenters. The molecular weight excluding hydrogens is 312 g/mol. The van der Waals surface area contributed by atoms with Crippen LogP contribution in [0.25, 0.3) is 0 Å². The Kier molecular flexibility index (Phi) is 6.05. The van der Waals surface area contributed by atoms with E-state index in [1.165, 1.54) is 0 Å². The molecule has 0 saturated heterocycles. The predicted molar refractivity (Wildman–Crippen MR) is 93.3 cm³/mol. The van der Waals surface area contributed by atoms with Crippen LogP contribution in [0.4, 0.5) is 16.2 Å². The third-order valence-corrected chi connectivity index (χ3v) is 3.75. The van der Waals surface area contributed by atoms with Gasteiger partial charge in [-0.25, -0.2) is 9.59 Å². The van der Waals surface area contributed by atoms with Crippen molar-refractivity contribution in [3.05, 3.63) is 54.1 Å². The first-order chi connectivity index (χ1) is 11.1. The summed E-state index contributed by atoms with van der Waals surface area (Å²) in [7, 11) is 0. The maximum Gasteiger partial charge on any atom is 0.338 e. The maximum atomic E-state index is 11.9. The number of hydrogen-bond acceptors (Lipinski definition) is 4. The van der Waals surface area contributed by atoms with Crippen LogP contribution in [0.5, 0.6) is 0 Å². The van der Waals surface area contributed by atoms with E-state index < -0.39 is 0 Å². The normalized spacial score (nSPS) is 10.0. The molecule has 0 aromatic heterocycles. The molecule has 6 heteroatoms. The standard InChI is InChI=1S/C17H18N2O3S/c1-3-22-16(20)12-4-6-13(7-5-12)18-17(21)19-14-8-10-15(23-2)11-9-14/h4-11H,3H2,1-2H3,(H2,18,19,21). The molecule has 5 nitrogen and oxygen atoms in total. The second kappa shape index (κ2) is 8.24. The van der Waals surface area contributed by atoms with Crippen LogP contribution < -0.4 is 10.6 Å². The van der Waals surface area contributed by atoms with Crippen LogP contribution in [0, 0.1) is 0 Å². The van der Waals surface area contributed by atoms with Crippen LogP contribution in [-0.4, -0.2) is 24.9 Å². The van der Waals surface area contributed by atoms with Gasteiger partial charge in [-0.1, -0.05) is 0 Å². The molecule has 0 aliphatic carbocycles. The van der Waals surface area contributed by atoms with Crippen molar-refractivity contribution in [2.24, 2.45) is 0 Å². The number of nitrogens with one attached hydrogen (secondary N) is 2. The number of anilines is 2. The molecule has 0 aliphatic heterocycles. The number of benzene rings is 2. The molecule has 0 atom stereocenters. The van der Waals surface area contributed by atoms with Gasteiger partial charge < -0.3 is 15.4 Å². The first-order valence-electron chi connectivity index (χ1n) is 7.11. The highest BCUT2D eigenvalue weighted by molar-refractivity contribution is 7.98. The van der Waals surface area contributed by atoms with Crippen molar-refractivity contribution in [1.82, 2.24) is 0 Å². The largest absolute Gasteiger partial charge is 0.462 e. The van der Waals surface area contributed by atoms with E-state index in [2.05, 4.69) is 10.6 Å². The van der Waals surface area contributed by atoms with Crippen molar-refractivity contribution in [3.8, 4) is 0 Å². The average Bonchev–Trinajstić information content (AvgIpc) is 2.56. The number of carbonyl (C=O) groups is 2. The maximum absolute atomic E-state index is 11.9. The topological polar surface area (TPSA) is 67.4 Å². The number of hydrogen-bond donors (Lipinski definition) is 2. The van der Waals surface area contributed by atoms with Gasteiger partial charge >= 0.3 is 12.0 Å². The van der Waals surface area contributed by atoms with E-state index in [-0.39, 0.29) is 12.0 Å². The number of thioether (sulfide) groups is 1. The summed E-state index contributed by atoms with van der Waals surface area (Å²) in [5.74, 6) is -0.377. The molecule has 0 spiro atoms. The summed E-state index contributed by atoms with van der Waals surface area (Å²) in [5, 5.41) is 5.46. The Hall–Kier alpha value is -2.47. The number of rotatable bonds is 5. The van der Waals surface area contributed by atoms with Gasteiger partial charge in [0.2, 0.25) is 0 Å². The second-order valence-corrected chi connectivity index (χ2v) is 5.49. The molecule has 0 bridgehead atoms. The van der Waals surface area contributed by atoms with E-state index in [9.17, 15) is 9.59 Å². The zero-order valence-electron chi connectivity index (χ0n) is 13.0. The minimum absolute atomic E-state index is 0.330. The molecule has 0 aliphatic rings. The molecule has 0 heterocycles. The van der Waals surface area contributed by atoms with Crippen LogP contribution >= 0.6 is 11.8 Å². The van der Waals surface area contributed by atoms with Gasteiger partial charge in [-0.05, 0) is 61.7 Å². The number of ether oxygens (including phenoxy) is 1. The van der Waals surface area contributed by atoms with E-state index in [1.54, 1.807) is 43.0 Å². The number of carbonyl (C=O) groups excluding carboxylic acids is 2. The van der Waals surface area contributed by atoms with Crippen LogP contribution in [-0.2, 0) is 4.74 Å². The first kappa shape index (κ1) is 16.9. The summed E-state index contributed by atoms with van der Waals surface area (Å²) in [5.41, 5.74) is 1.75. The van der Waals surface area contributed by atoms with Crippen molar-refractivity contribution in [2.45, 2.75) is 11.8 Å². The van der Waals surface area contributed by atoms with Crippen molar-refractivity contribution in [1.29, 1.82) is 0 Å². The lowest BCUT2D eigenvalue weighted by molar-refractivity contribution is 0.0526. The SMILES string of the molecule is CCOC(=O)c1ccc(NC(=O)Nc2ccc(SC)cc2)cc1. The van der Waals surface area contributed by atoms with Crippen molar-refractivity contribution in [2.75, 3.05) is 23.5 Å². The summed E-state index contributed by atoms with van der Waals surface area (Å²) in [4.78, 5) is 24.6. The van der Waals surface area contributed by atoms with E-state index >= 15 is 0 Å². The molecule has 2 aromatic carbocycles. The molecular formula is C17H18N2O3S. The highest BCUT2D eigenvalue weighted by Crippen LogP contribution is 2.18. The fraction of sp³-hybridized carbons (Fsp3) is 0.176. The average molecular weight is 330 g/mol. The minimum atomic E-state index is -0.377. The Morgan fingerprint density at radius 1 is 0.957 bits per heavy atom. The third-order valence-electron chi connectivity index (χ3n) is 3.00. The second-order valence-electron chi connectivity index (χ2n) is 4.61. The fourth-order valence-electron chi connectivity index (χ4n) is 1.87. The lowest BCUT2D eigenvalue weighted by atomic mass is 10.2. The quantitative estimate of drug-likeness (QED) is 0.636. The van der Waals surface area contributed by atoms with E-state index in [1.807, 2.05) is 30.5 Å². The van der Waals surface area contributed by atoms with Crippen molar-refractivity contribution in [3.63, 3.8) is 0 Å². The van der Waals surface area contributed by atoms with Gasteiger partial charge in [-0.15, -0.1) is 11.8 Å². The first-order valence-corrected chi connectivity index (χ1v) is 8.34. The molecule has 2 aromatic rings. The Labute approximate surface area is 139 Å². The lowest BCUT2D eigenvalue weighted by Gasteiger charge is -2.08. The van der Waals surface area contributed by atoms with Crippen molar-refractivity contribution >= 4 is 35.1 Å². The summed E-state index contributed by atoms with van der Waals surface area (Å²) in [6, 6.07) is 13.8. The molecule has 0 fully saturated rings. The molecule has 0 radical (unpaired) electrons. The van der Waals surface area contributed by atoms with Gasteiger partial charge in [0.25, 0.3) is 0 Å². The monoisotopic (exact) mass is 330 g/mol. The zero-order valence-corrected chi connectivity index (χ0v) is 13.8.